The first-order chi connectivity index (χ1) is 9.72. The standard InChI is InChI=1S/C15H23NO4/c17-6-7-20-14-3-1-2-12(8-14)9-16-5-4-13(11-18)15(19)10-16/h1-3,8,13,15,17-19H,4-7,9-11H2/t13-,15+/m1/s1. The van der Waals surface area contributed by atoms with Crippen molar-refractivity contribution in [2.24, 2.45) is 5.92 Å². The minimum Gasteiger partial charge on any atom is -0.491 e. The van der Waals surface area contributed by atoms with Crippen molar-refractivity contribution < 1.29 is 20.1 Å². The molecule has 1 aromatic rings. The summed E-state index contributed by atoms with van der Waals surface area (Å²) in [6.45, 7) is 2.58. The number of aliphatic hydroxyl groups excluding tert-OH is 3. The van der Waals surface area contributed by atoms with Gasteiger partial charge in [-0.25, -0.2) is 0 Å². The van der Waals surface area contributed by atoms with Crippen LogP contribution in [0.3, 0.4) is 0 Å². The molecular weight excluding hydrogens is 258 g/mol. The van der Waals surface area contributed by atoms with Crippen LogP contribution in [0.4, 0.5) is 0 Å². The zero-order valence-corrected chi connectivity index (χ0v) is 11.6. The molecular formula is C15H23NO4. The molecule has 2 rings (SSSR count). The SMILES string of the molecule is OCCOc1cccc(CN2CC[C@H](CO)[C@@H](O)C2)c1. The van der Waals surface area contributed by atoms with Crippen LogP contribution < -0.4 is 4.74 Å². The third kappa shape index (κ3) is 4.18. The van der Waals surface area contributed by atoms with E-state index in [4.69, 9.17) is 14.9 Å². The number of aliphatic hydroxyl groups is 3. The van der Waals surface area contributed by atoms with E-state index in [1.54, 1.807) is 0 Å². The van der Waals surface area contributed by atoms with Crippen molar-refractivity contribution in [1.82, 2.24) is 4.90 Å². The maximum Gasteiger partial charge on any atom is 0.119 e. The summed E-state index contributed by atoms with van der Waals surface area (Å²) in [5, 5.41) is 27.8. The van der Waals surface area contributed by atoms with Crippen LogP contribution in [0.2, 0.25) is 0 Å². The van der Waals surface area contributed by atoms with E-state index >= 15 is 0 Å². The Labute approximate surface area is 119 Å². The summed E-state index contributed by atoms with van der Waals surface area (Å²) in [4.78, 5) is 2.18. The summed E-state index contributed by atoms with van der Waals surface area (Å²) < 4.78 is 5.39. The minimum absolute atomic E-state index is 0.00505. The second-order valence-electron chi connectivity index (χ2n) is 5.25. The average Bonchev–Trinajstić information content (AvgIpc) is 2.46. The highest BCUT2D eigenvalue weighted by molar-refractivity contribution is 5.28. The Kier molecular flexibility index (Phi) is 5.79. The van der Waals surface area contributed by atoms with Crippen LogP contribution in [0.25, 0.3) is 0 Å². The number of rotatable bonds is 6. The highest BCUT2D eigenvalue weighted by Gasteiger charge is 2.26. The molecule has 112 valence electrons. The van der Waals surface area contributed by atoms with Gasteiger partial charge in [-0.15, -0.1) is 0 Å². The first-order valence-electron chi connectivity index (χ1n) is 7.07. The van der Waals surface area contributed by atoms with E-state index in [-0.39, 0.29) is 19.1 Å². The summed E-state index contributed by atoms with van der Waals surface area (Å²) in [6, 6.07) is 7.78. The lowest BCUT2D eigenvalue weighted by molar-refractivity contribution is -0.00445. The highest BCUT2D eigenvalue weighted by Crippen LogP contribution is 2.20. The lowest BCUT2D eigenvalue weighted by Gasteiger charge is -2.35. The summed E-state index contributed by atoms with van der Waals surface area (Å²) in [5.74, 6) is 0.757. The largest absolute Gasteiger partial charge is 0.491 e. The van der Waals surface area contributed by atoms with Crippen molar-refractivity contribution in [3.8, 4) is 5.75 Å². The van der Waals surface area contributed by atoms with E-state index in [0.29, 0.717) is 13.2 Å². The molecule has 0 unspecified atom stereocenters. The third-order valence-corrected chi connectivity index (χ3v) is 3.70. The Morgan fingerprint density at radius 2 is 2.15 bits per heavy atom. The quantitative estimate of drug-likeness (QED) is 0.696. The number of ether oxygens (including phenoxy) is 1. The molecule has 20 heavy (non-hydrogen) atoms. The third-order valence-electron chi connectivity index (χ3n) is 3.70. The van der Waals surface area contributed by atoms with E-state index in [0.717, 1.165) is 30.8 Å². The van der Waals surface area contributed by atoms with Crippen molar-refractivity contribution >= 4 is 0 Å². The van der Waals surface area contributed by atoms with Crippen LogP contribution >= 0.6 is 0 Å². The lowest BCUT2D eigenvalue weighted by atomic mass is 9.94. The predicted octanol–water partition coefficient (Wildman–Crippen LogP) is 0.233. The van der Waals surface area contributed by atoms with Gasteiger partial charge in [-0.2, -0.15) is 0 Å². The first kappa shape index (κ1) is 15.3. The second-order valence-corrected chi connectivity index (χ2v) is 5.25. The van der Waals surface area contributed by atoms with Crippen molar-refractivity contribution in [2.45, 2.75) is 19.1 Å². The van der Waals surface area contributed by atoms with E-state index in [1.165, 1.54) is 0 Å². The number of β-amino-alcohol motifs (C(OH)–C–C–N with tert-alkyl or cyclic N) is 1. The van der Waals surface area contributed by atoms with Crippen molar-refractivity contribution in [1.29, 1.82) is 0 Å². The number of nitrogens with zero attached hydrogens (tertiary/aromatic N) is 1. The molecule has 0 aliphatic carbocycles. The van der Waals surface area contributed by atoms with E-state index in [1.807, 2.05) is 24.3 Å². The van der Waals surface area contributed by atoms with Gasteiger partial charge in [-0.3, -0.25) is 4.90 Å². The Hall–Kier alpha value is -1.14. The number of likely N-dealkylation sites (tertiary alicyclic amines) is 1. The van der Waals surface area contributed by atoms with Gasteiger partial charge in [-0.05, 0) is 30.7 Å². The van der Waals surface area contributed by atoms with Gasteiger partial charge in [0.15, 0.2) is 0 Å². The number of hydrogen-bond acceptors (Lipinski definition) is 5. The van der Waals surface area contributed by atoms with Crippen molar-refractivity contribution in [3.63, 3.8) is 0 Å². The number of hydrogen-bond donors (Lipinski definition) is 3. The maximum absolute atomic E-state index is 9.93. The molecule has 0 amide bonds. The molecule has 1 heterocycles. The molecule has 1 saturated heterocycles. The van der Waals surface area contributed by atoms with Crippen molar-refractivity contribution in [3.05, 3.63) is 29.8 Å². The molecule has 1 aromatic carbocycles. The van der Waals surface area contributed by atoms with Crippen LogP contribution in [0.5, 0.6) is 5.75 Å². The summed E-state index contributed by atoms with van der Waals surface area (Å²) in [5.41, 5.74) is 1.12. The molecule has 1 aliphatic rings. The van der Waals surface area contributed by atoms with Gasteiger partial charge in [0.2, 0.25) is 0 Å². The molecule has 5 heteroatoms. The molecule has 0 spiro atoms. The van der Waals surface area contributed by atoms with E-state index < -0.39 is 6.10 Å². The topological polar surface area (TPSA) is 73.2 Å². The fourth-order valence-corrected chi connectivity index (χ4v) is 2.56. The molecule has 1 aliphatic heterocycles. The van der Waals surface area contributed by atoms with E-state index in [2.05, 4.69) is 4.90 Å². The zero-order chi connectivity index (χ0) is 14.4. The second kappa shape index (κ2) is 7.59. The van der Waals surface area contributed by atoms with Gasteiger partial charge in [-0.1, -0.05) is 12.1 Å². The summed E-state index contributed by atoms with van der Waals surface area (Å²) in [6.07, 6.45) is 0.362. The average molecular weight is 281 g/mol. The van der Waals surface area contributed by atoms with E-state index in [9.17, 15) is 5.11 Å². The molecule has 0 bridgehead atoms. The lowest BCUT2D eigenvalue weighted by Crippen LogP contribution is -2.44. The summed E-state index contributed by atoms with van der Waals surface area (Å²) in [7, 11) is 0. The number of benzene rings is 1. The smallest absolute Gasteiger partial charge is 0.119 e. The molecule has 5 nitrogen and oxygen atoms in total. The van der Waals surface area contributed by atoms with Crippen molar-refractivity contribution in [2.75, 3.05) is 32.9 Å². The Morgan fingerprint density at radius 3 is 2.85 bits per heavy atom. The maximum atomic E-state index is 9.93. The summed E-state index contributed by atoms with van der Waals surface area (Å²) >= 11 is 0. The fraction of sp³-hybridized carbons (Fsp3) is 0.600. The first-order valence-corrected chi connectivity index (χ1v) is 7.07. The van der Waals surface area contributed by atoms with Gasteiger partial charge >= 0.3 is 0 Å². The normalized spacial score (nSPS) is 23.8. The van der Waals surface area contributed by atoms with Crippen LogP contribution in [-0.4, -0.2) is 59.2 Å². The van der Waals surface area contributed by atoms with Gasteiger partial charge in [0, 0.05) is 25.6 Å². The Morgan fingerprint density at radius 1 is 1.30 bits per heavy atom. The van der Waals surface area contributed by atoms with Gasteiger partial charge in [0.05, 0.1) is 12.7 Å². The zero-order valence-electron chi connectivity index (χ0n) is 11.6. The Bertz CT molecular complexity index is 413. The van der Waals surface area contributed by atoms with Crippen LogP contribution in [0.15, 0.2) is 24.3 Å². The predicted molar refractivity (Wildman–Crippen MR) is 75.5 cm³/mol. The minimum atomic E-state index is -0.456. The molecule has 1 fully saturated rings. The van der Waals surface area contributed by atoms with Gasteiger partial charge in [0.1, 0.15) is 12.4 Å². The molecule has 3 N–H and O–H groups in total. The van der Waals surface area contributed by atoms with Crippen LogP contribution in [0, 0.1) is 5.92 Å². The highest BCUT2D eigenvalue weighted by atomic mass is 16.5. The molecule has 0 saturated carbocycles. The molecule has 0 radical (unpaired) electrons. The monoisotopic (exact) mass is 281 g/mol. The molecule has 0 aromatic heterocycles. The molecule has 2 atom stereocenters. The number of piperidine rings is 1. The van der Waals surface area contributed by atoms with Gasteiger partial charge in [0.25, 0.3) is 0 Å². The van der Waals surface area contributed by atoms with Gasteiger partial charge < -0.3 is 20.1 Å². The fourth-order valence-electron chi connectivity index (χ4n) is 2.56. The van der Waals surface area contributed by atoms with Crippen LogP contribution in [-0.2, 0) is 6.54 Å². The Balaban J connectivity index is 1.90. The van der Waals surface area contributed by atoms with Crippen LogP contribution in [0.1, 0.15) is 12.0 Å².